The fourth-order valence-electron chi connectivity index (χ4n) is 5.00. The number of amides is 1. The highest BCUT2D eigenvalue weighted by molar-refractivity contribution is 6.29. The fraction of sp³-hybridized carbons (Fsp3) is 0.520. The van der Waals surface area contributed by atoms with E-state index in [2.05, 4.69) is 29.8 Å². The molecule has 4 rings (SSSR count). The van der Waals surface area contributed by atoms with Crippen LogP contribution in [0.1, 0.15) is 59.3 Å². The van der Waals surface area contributed by atoms with Crippen LogP contribution >= 0.6 is 11.6 Å². The van der Waals surface area contributed by atoms with Crippen LogP contribution in [-0.2, 0) is 0 Å². The molecule has 1 amide bonds. The molecule has 6 nitrogen and oxygen atoms in total. The Hall–Kier alpha value is -2.15. The van der Waals surface area contributed by atoms with Crippen molar-refractivity contribution >= 4 is 17.5 Å². The lowest BCUT2D eigenvalue weighted by Gasteiger charge is -2.48. The van der Waals surface area contributed by atoms with Gasteiger partial charge in [0.1, 0.15) is 17.5 Å². The summed E-state index contributed by atoms with van der Waals surface area (Å²) in [5.74, 6) is 0.870. The maximum Gasteiger partial charge on any atom is 0.255 e. The highest BCUT2D eigenvalue weighted by Crippen LogP contribution is 2.39. The van der Waals surface area contributed by atoms with Crippen LogP contribution in [0.15, 0.2) is 30.5 Å². The minimum absolute atomic E-state index is 0.0302. The van der Waals surface area contributed by atoms with E-state index in [0.717, 1.165) is 43.7 Å². The monoisotopic (exact) mass is 457 g/mol. The molecule has 0 saturated carbocycles. The highest BCUT2D eigenvalue weighted by atomic mass is 35.5. The maximum absolute atomic E-state index is 13.0. The molecule has 172 valence electrons. The van der Waals surface area contributed by atoms with Crippen LogP contribution in [0.4, 0.5) is 0 Å². The van der Waals surface area contributed by atoms with Gasteiger partial charge in [-0.25, -0.2) is 4.98 Å². The Morgan fingerprint density at radius 1 is 1.22 bits per heavy atom. The molecule has 2 fully saturated rings. The normalized spacial score (nSPS) is 22.3. The predicted molar refractivity (Wildman–Crippen MR) is 125 cm³/mol. The van der Waals surface area contributed by atoms with Gasteiger partial charge in [0, 0.05) is 37.9 Å². The van der Waals surface area contributed by atoms with Gasteiger partial charge in [0.15, 0.2) is 0 Å². The molecule has 32 heavy (non-hydrogen) atoms. The Bertz CT molecular complexity index is 964. The number of rotatable bonds is 5. The lowest BCUT2D eigenvalue weighted by molar-refractivity contribution is 0.0101. The second-order valence-corrected chi connectivity index (χ2v) is 9.41. The number of fused-ring (bicyclic) bond motifs is 1. The maximum atomic E-state index is 13.0. The zero-order chi connectivity index (χ0) is 22.8. The first-order valence-corrected chi connectivity index (χ1v) is 11.8. The van der Waals surface area contributed by atoms with Crippen molar-refractivity contribution in [1.82, 2.24) is 14.8 Å². The van der Waals surface area contributed by atoms with Gasteiger partial charge in [0.05, 0.1) is 11.7 Å². The Kier molecular flexibility index (Phi) is 7.03. The summed E-state index contributed by atoms with van der Waals surface area (Å²) in [6.45, 7) is 8.59. The minimum Gasteiger partial charge on any atom is -0.491 e. The number of carbonyl (C=O) groups excluding carboxylic acids is 1. The smallest absolute Gasteiger partial charge is 0.255 e. The molecular weight excluding hydrogens is 426 g/mol. The second kappa shape index (κ2) is 9.77. The first kappa shape index (κ1) is 23.0. The first-order valence-electron chi connectivity index (χ1n) is 11.4. The van der Waals surface area contributed by atoms with Crippen LogP contribution < -0.4 is 4.74 Å². The van der Waals surface area contributed by atoms with Gasteiger partial charge in [-0.15, -0.1) is 0 Å². The number of piperazine rings is 1. The molecule has 0 radical (unpaired) electrons. The third-order valence-electron chi connectivity index (χ3n) is 6.82. The van der Waals surface area contributed by atoms with Crippen molar-refractivity contribution in [2.45, 2.75) is 58.2 Å². The Morgan fingerprint density at radius 2 is 2.03 bits per heavy atom. The van der Waals surface area contributed by atoms with Crippen LogP contribution in [0.5, 0.6) is 5.75 Å². The SMILES string of the molecule is Cc1c(OC[C@@H](C)O)ccc(C2CCCC3CN(C(=O)c4ccc(Cl)nc4)CCN32)c1C. The van der Waals surface area contributed by atoms with Gasteiger partial charge in [-0.2, -0.15) is 0 Å². The van der Waals surface area contributed by atoms with Crippen LogP contribution in [0.2, 0.25) is 5.15 Å². The number of nitrogens with zero attached hydrogens (tertiary/aromatic N) is 3. The fourth-order valence-corrected chi connectivity index (χ4v) is 5.11. The summed E-state index contributed by atoms with van der Waals surface area (Å²) in [5, 5.41) is 9.94. The third-order valence-corrected chi connectivity index (χ3v) is 7.05. The van der Waals surface area contributed by atoms with Gasteiger partial charge in [-0.3, -0.25) is 9.69 Å². The van der Waals surface area contributed by atoms with E-state index in [9.17, 15) is 9.90 Å². The molecule has 1 aromatic carbocycles. The van der Waals surface area contributed by atoms with E-state index < -0.39 is 6.10 Å². The number of aliphatic hydroxyl groups is 1. The van der Waals surface area contributed by atoms with E-state index >= 15 is 0 Å². The van der Waals surface area contributed by atoms with E-state index in [4.69, 9.17) is 16.3 Å². The third kappa shape index (κ3) is 4.77. The molecule has 0 bridgehead atoms. The first-order chi connectivity index (χ1) is 15.3. The van der Waals surface area contributed by atoms with Crippen LogP contribution in [0, 0.1) is 13.8 Å². The van der Waals surface area contributed by atoms with Crippen molar-refractivity contribution in [3.05, 3.63) is 57.9 Å². The largest absolute Gasteiger partial charge is 0.491 e. The molecule has 2 aromatic rings. The number of hydrogen-bond acceptors (Lipinski definition) is 5. The van der Waals surface area contributed by atoms with Gasteiger partial charge in [-0.05, 0) is 74.9 Å². The number of hydrogen-bond donors (Lipinski definition) is 1. The van der Waals surface area contributed by atoms with Gasteiger partial charge < -0.3 is 14.7 Å². The van der Waals surface area contributed by atoms with Gasteiger partial charge in [-0.1, -0.05) is 17.7 Å². The molecule has 7 heteroatoms. The molecular formula is C25H32ClN3O3. The molecule has 0 aliphatic carbocycles. The Balaban J connectivity index is 1.49. The van der Waals surface area contributed by atoms with E-state index in [1.807, 2.05) is 11.0 Å². The van der Waals surface area contributed by atoms with Gasteiger partial charge in [0.25, 0.3) is 5.91 Å². The van der Waals surface area contributed by atoms with Crippen LogP contribution in [0.3, 0.4) is 0 Å². The number of aromatic nitrogens is 1. The van der Waals surface area contributed by atoms with E-state index in [1.54, 1.807) is 25.3 Å². The lowest BCUT2D eigenvalue weighted by atomic mass is 9.86. The summed E-state index contributed by atoms with van der Waals surface area (Å²) < 4.78 is 5.80. The summed E-state index contributed by atoms with van der Waals surface area (Å²) in [7, 11) is 0. The topological polar surface area (TPSA) is 65.9 Å². The number of piperidine rings is 1. The number of pyridine rings is 1. The van der Waals surface area contributed by atoms with Crippen molar-refractivity contribution in [2.75, 3.05) is 26.2 Å². The number of carbonyl (C=O) groups is 1. The summed E-state index contributed by atoms with van der Waals surface area (Å²) in [4.78, 5) is 21.6. The lowest BCUT2D eigenvalue weighted by Crippen LogP contribution is -2.57. The predicted octanol–water partition coefficient (Wildman–Crippen LogP) is 4.16. The molecule has 3 atom stereocenters. The molecule has 2 aliphatic rings. The summed E-state index contributed by atoms with van der Waals surface area (Å²) >= 11 is 5.87. The summed E-state index contributed by atoms with van der Waals surface area (Å²) in [6.07, 6.45) is 4.45. The van der Waals surface area contributed by atoms with E-state index in [0.29, 0.717) is 36.0 Å². The molecule has 3 heterocycles. The second-order valence-electron chi connectivity index (χ2n) is 9.02. The van der Waals surface area contributed by atoms with Crippen molar-refractivity contribution < 1.29 is 14.6 Å². The minimum atomic E-state index is -0.490. The van der Waals surface area contributed by atoms with Crippen LogP contribution in [-0.4, -0.2) is 64.2 Å². The molecule has 2 saturated heterocycles. The molecule has 2 unspecified atom stereocenters. The van der Waals surface area contributed by atoms with Crippen molar-refractivity contribution in [2.24, 2.45) is 0 Å². The van der Waals surface area contributed by atoms with Crippen LogP contribution in [0.25, 0.3) is 0 Å². The van der Waals surface area contributed by atoms with Gasteiger partial charge >= 0.3 is 0 Å². The number of aliphatic hydroxyl groups excluding tert-OH is 1. The molecule has 1 aromatic heterocycles. The average molecular weight is 458 g/mol. The quantitative estimate of drug-likeness (QED) is 0.683. The van der Waals surface area contributed by atoms with Crippen molar-refractivity contribution in [1.29, 1.82) is 0 Å². The van der Waals surface area contributed by atoms with Gasteiger partial charge in [0.2, 0.25) is 0 Å². The van der Waals surface area contributed by atoms with Crippen molar-refractivity contribution in [3.8, 4) is 5.75 Å². The molecule has 0 spiro atoms. The number of halogens is 1. The zero-order valence-corrected chi connectivity index (χ0v) is 19.8. The summed E-state index contributed by atoms with van der Waals surface area (Å²) in [6, 6.07) is 8.36. The standard InChI is InChI=1S/C25H32ClN3O3/c1-16(30)15-32-23-9-8-21(17(2)18(23)3)22-6-4-5-20-14-28(11-12-29(20)22)25(31)19-7-10-24(26)27-13-19/h7-10,13,16,20,22,30H,4-6,11-12,14-15H2,1-3H3/t16-,20?,22?/m1/s1. The number of benzene rings is 1. The number of ether oxygens (including phenoxy) is 1. The summed E-state index contributed by atoms with van der Waals surface area (Å²) in [5.41, 5.74) is 4.33. The Morgan fingerprint density at radius 3 is 2.75 bits per heavy atom. The highest BCUT2D eigenvalue weighted by Gasteiger charge is 2.37. The average Bonchev–Trinajstić information content (AvgIpc) is 2.79. The van der Waals surface area contributed by atoms with Crippen molar-refractivity contribution in [3.63, 3.8) is 0 Å². The molecule has 1 N–H and O–H groups in total. The van der Waals surface area contributed by atoms with E-state index in [1.165, 1.54) is 11.1 Å². The molecule has 2 aliphatic heterocycles. The zero-order valence-electron chi connectivity index (χ0n) is 19.1. The van der Waals surface area contributed by atoms with E-state index in [-0.39, 0.29) is 5.91 Å². The Labute approximate surface area is 195 Å².